The maximum absolute atomic E-state index is 8.29. The maximum Gasteiger partial charge on any atom is 0.131 e. The molecule has 5 heteroatoms. The molecule has 90 valence electrons. The normalized spacial score (nSPS) is 15.4. The summed E-state index contributed by atoms with van der Waals surface area (Å²) in [6.45, 7) is 2.68. The van der Waals surface area contributed by atoms with E-state index in [0.29, 0.717) is 6.54 Å². The number of aromatic nitrogens is 1. The van der Waals surface area contributed by atoms with Gasteiger partial charge in [-0.25, -0.2) is 4.98 Å². The first-order chi connectivity index (χ1) is 8.42. The average molecular weight is 231 g/mol. The van der Waals surface area contributed by atoms with Crippen molar-refractivity contribution < 1.29 is 0 Å². The van der Waals surface area contributed by atoms with Crippen LogP contribution in [0.5, 0.6) is 0 Å². The Balaban J connectivity index is 2.11. The van der Waals surface area contributed by atoms with Gasteiger partial charge in [0.05, 0.1) is 0 Å². The van der Waals surface area contributed by atoms with E-state index >= 15 is 0 Å². The molecule has 0 bridgehead atoms. The fourth-order valence-corrected chi connectivity index (χ4v) is 2.23. The summed E-state index contributed by atoms with van der Waals surface area (Å²) in [6, 6.07) is 4.02. The summed E-state index contributed by atoms with van der Waals surface area (Å²) in [5.74, 6) is 1.07. The van der Waals surface area contributed by atoms with Crippen LogP contribution in [0, 0.1) is 0 Å². The van der Waals surface area contributed by atoms with Gasteiger partial charge in [0, 0.05) is 30.7 Å². The minimum Gasteiger partial charge on any atom is -0.356 e. The summed E-state index contributed by atoms with van der Waals surface area (Å²) in [6.07, 6.45) is 6.40. The van der Waals surface area contributed by atoms with Crippen LogP contribution < -0.4 is 4.90 Å². The van der Waals surface area contributed by atoms with Crippen LogP contribution in [0.2, 0.25) is 0 Å². The van der Waals surface area contributed by atoms with Gasteiger partial charge in [-0.1, -0.05) is 11.2 Å². The molecule has 0 unspecified atom stereocenters. The maximum atomic E-state index is 8.29. The molecule has 1 aliphatic rings. The summed E-state index contributed by atoms with van der Waals surface area (Å²) in [4.78, 5) is 9.60. The van der Waals surface area contributed by atoms with Crippen molar-refractivity contribution in [2.24, 2.45) is 5.11 Å². The molecular weight excluding hydrogens is 214 g/mol. The highest BCUT2D eigenvalue weighted by molar-refractivity contribution is 5.47. The molecule has 1 aromatic heterocycles. The molecule has 0 saturated carbocycles. The molecule has 1 saturated heterocycles. The van der Waals surface area contributed by atoms with Gasteiger partial charge >= 0.3 is 0 Å². The largest absolute Gasteiger partial charge is 0.356 e. The third-order valence-electron chi connectivity index (χ3n) is 3.07. The zero-order valence-corrected chi connectivity index (χ0v) is 9.92. The van der Waals surface area contributed by atoms with Crippen LogP contribution >= 0.6 is 0 Å². The predicted molar refractivity (Wildman–Crippen MR) is 68.0 cm³/mol. The van der Waals surface area contributed by atoms with E-state index in [2.05, 4.69) is 26.0 Å². The highest BCUT2D eigenvalue weighted by Gasteiger charge is 2.14. The first-order valence-corrected chi connectivity index (χ1v) is 6.11. The van der Waals surface area contributed by atoms with Crippen LogP contribution in [0.4, 0.5) is 5.82 Å². The van der Waals surface area contributed by atoms with E-state index in [1.54, 1.807) is 0 Å². The van der Waals surface area contributed by atoms with Gasteiger partial charge in [0.15, 0.2) is 0 Å². The highest BCUT2D eigenvalue weighted by Crippen LogP contribution is 2.21. The third-order valence-corrected chi connectivity index (χ3v) is 3.07. The van der Waals surface area contributed by atoms with Gasteiger partial charge in [-0.3, -0.25) is 0 Å². The monoisotopic (exact) mass is 231 g/mol. The summed E-state index contributed by atoms with van der Waals surface area (Å²) >= 11 is 0. The van der Waals surface area contributed by atoms with E-state index in [1.807, 2.05) is 12.3 Å². The highest BCUT2D eigenvalue weighted by atomic mass is 15.2. The van der Waals surface area contributed by atoms with Crippen LogP contribution in [0.3, 0.4) is 0 Å². The zero-order valence-electron chi connectivity index (χ0n) is 9.92. The minimum absolute atomic E-state index is 0.503. The van der Waals surface area contributed by atoms with Crippen molar-refractivity contribution in [3.63, 3.8) is 0 Å². The number of piperidine rings is 1. The first kappa shape index (κ1) is 11.7. The smallest absolute Gasteiger partial charge is 0.131 e. The second-order valence-corrected chi connectivity index (χ2v) is 4.24. The van der Waals surface area contributed by atoms with Gasteiger partial charge < -0.3 is 4.90 Å². The molecule has 17 heavy (non-hydrogen) atoms. The Hall–Kier alpha value is -1.74. The standard InChI is InChI=1S/C12H17N5/c13-16-15-8-6-11-5-4-7-14-12(11)17-9-2-1-3-10-17/h4-5,7H,1-3,6,8-10H2. The molecule has 5 nitrogen and oxygen atoms in total. The lowest BCUT2D eigenvalue weighted by Gasteiger charge is -2.29. The van der Waals surface area contributed by atoms with Crippen molar-refractivity contribution in [3.8, 4) is 0 Å². The van der Waals surface area contributed by atoms with E-state index in [4.69, 9.17) is 5.53 Å². The Morgan fingerprint density at radius 2 is 2.18 bits per heavy atom. The molecule has 0 amide bonds. The fraction of sp³-hybridized carbons (Fsp3) is 0.583. The predicted octanol–water partition coefficient (Wildman–Crippen LogP) is 2.92. The SMILES string of the molecule is [N-]=[N+]=NCCc1cccnc1N1CCCCC1. The van der Waals surface area contributed by atoms with Gasteiger partial charge in [0.1, 0.15) is 5.82 Å². The number of nitrogens with zero attached hydrogens (tertiary/aromatic N) is 5. The van der Waals surface area contributed by atoms with E-state index in [1.165, 1.54) is 24.8 Å². The van der Waals surface area contributed by atoms with Gasteiger partial charge in [-0.05, 0) is 42.8 Å². The van der Waals surface area contributed by atoms with Crippen molar-refractivity contribution >= 4 is 5.82 Å². The third kappa shape index (κ3) is 3.11. The van der Waals surface area contributed by atoms with Crippen LogP contribution in [0.25, 0.3) is 10.4 Å². The molecule has 0 spiro atoms. The molecule has 1 aliphatic heterocycles. The van der Waals surface area contributed by atoms with E-state index in [9.17, 15) is 0 Å². The van der Waals surface area contributed by atoms with Crippen molar-refractivity contribution in [2.45, 2.75) is 25.7 Å². The number of rotatable bonds is 4. The Bertz CT molecular complexity index is 405. The lowest BCUT2D eigenvalue weighted by atomic mass is 10.1. The number of hydrogen-bond donors (Lipinski definition) is 0. The van der Waals surface area contributed by atoms with Crippen molar-refractivity contribution in [1.82, 2.24) is 4.98 Å². The summed E-state index contributed by atoms with van der Waals surface area (Å²) in [5, 5.41) is 3.59. The number of hydrogen-bond acceptors (Lipinski definition) is 3. The molecule has 0 radical (unpaired) electrons. The van der Waals surface area contributed by atoms with Crippen LogP contribution in [0.1, 0.15) is 24.8 Å². The van der Waals surface area contributed by atoms with Gasteiger partial charge in [-0.2, -0.15) is 0 Å². The van der Waals surface area contributed by atoms with E-state index < -0.39 is 0 Å². The molecule has 0 aromatic carbocycles. The van der Waals surface area contributed by atoms with Crippen LogP contribution in [-0.2, 0) is 6.42 Å². The summed E-state index contributed by atoms with van der Waals surface area (Å²) in [7, 11) is 0. The van der Waals surface area contributed by atoms with Crippen molar-refractivity contribution in [1.29, 1.82) is 0 Å². The summed E-state index contributed by atoms with van der Waals surface area (Å²) in [5.41, 5.74) is 9.48. The van der Waals surface area contributed by atoms with Crippen LogP contribution in [-0.4, -0.2) is 24.6 Å². The Labute approximate surface area is 101 Å². The van der Waals surface area contributed by atoms with E-state index in [-0.39, 0.29) is 0 Å². The average Bonchev–Trinajstić information content (AvgIpc) is 2.41. The molecule has 1 aromatic rings. The molecule has 2 rings (SSSR count). The number of pyridine rings is 1. The Kier molecular flexibility index (Phi) is 4.22. The van der Waals surface area contributed by atoms with E-state index in [0.717, 1.165) is 25.3 Å². The Morgan fingerprint density at radius 3 is 2.94 bits per heavy atom. The lowest BCUT2D eigenvalue weighted by molar-refractivity contribution is 0.571. The summed E-state index contributed by atoms with van der Waals surface area (Å²) < 4.78 is 0. The lowest BCUT2D eigenvalue weighted by Crippen LogP contribution is -2.31. The molecule has 0 atom stereocenters. The number of anilines is 1. The fourth-order valence-electron chi connectivity index (χ4n) is 2.23. The topological polar surface area (TPSA) is 64.9 Å². The number of azide groups is 1. The second kappa shape index (κ2) is 6.11. The molecule has 0 aliphatic carbocycles. The van der Waals surface area contributed by atoms with Crippen LogP contribution in [0.15, 0.2) is 23.4 Å². The quantitative estimate of drug-likeness (QED) is 0.454. The second-order valence-electron chi connectivity index (χ2n) is 4.24. The molecule has 2 heterocycles. The van der Waals surface area contributed by atoms with Crippen molar-refractivity contribution in [2.75, 3.05) is 24.5 Å². The molecular formula is C12H17N5. The zero-order chi connectivity index (χ0) is 11.9. The Morgan fingerprint density at radius 1 is 1.35 bits per heavy atom. The van der Waals surface area contributed by atoms with Gasteiger partial charge in [0.25, 0.3) is 0 Å². The first-order valence-electron chi connectivity index (χ1n) is 6.11. The molecule has 0 N–H and O–H groups in total. The minimum atomic E-state index is 0.503. The van der Waals surface area contributed by atoms with Crippen molar-refractivity contribution in [3.05, 3.63) is 34.3 Å². The van der Waals surface area contributed by atoms with Gasteiger partial charge in [-0.15, -0.1) is 0 Å². The van der Waals surface area contributed by atoms with Gasteiger partial charge in [0.2, 0.25) is 0 Å². The molecule has 1 fully saturated rings.